The van der Waals surface area contributed by atoms with Crippen LogP contribution in [0.5, 0.6) is 5.75 Å². The number of nitrogens with zero attached hydrogens (tertiary/aromatic N) is 6. The van der Waals surface area contributed by atoms with E-state index in [1.165, 1.54) is 18.7 Å². The summed E-state index contributed by atoms with van der Waals surface area (Å²) in [5.41, 5.74) is 0.000119. The second-order valence-corrected chi connectivity index (χ2v) is 6.19. The summed E-state index contributed by atoms with van der Waals surface area (Å²) in [5.74, 6) is 1.05. The van der Waals surface area contributed by atoms with E-state index in [4.69, 9.17) is 4.74 Å². The van der Waals surface area contributed by atoms with E-state index >= 15 is 0 Å². The first-order valence-electron chi connectivity index (χ1n) is 8.07. The molecule has 0 bridgehead atoms. The molecule has 0 aliphatic carbocycles. The molecule has 0 aliphatic rings. The zero-order valence-electron chi connectivity index (χ0n) is 15.1. The molecule has 3 rings (SSSR count). The lowest BCUT2D eigenvalue weighted by molar-refractivity contribution is 0.261. The predicted octanol–water partition coefficient (Wildman–Crippen LogP) is 0.0296. The van der Waals surface area contributed by atoms with Crippen molar-refractivity contribution in [2.24, 2.45) is 14.1 Å². The fourth-order valence-corrected chi connectivity index (χ4v) is 2.42. The highest BCUT2D eigenvalue weighted by Gasteiger charge is 2.13. The van der Waals surface area contributed by atoms with E-state index in [1.807, 2.05) is 31.1 Å². The summed E-state index contributed by atoms with van der Waals surface area (Å²) in [5, 5.41) is 8.06. The van der Waals surface area contributed by atoms with Crippen LogP contribution in [0.25, 0.3) is 22.6 Å². The molecule has 3 aromatic rings. The number of hydrogen-bond acceptors (Lipinski definition) is 7. The van der Waals surface area contributed by atoms with Crippen LogP contribution in [0.4, 0.5) is 0 Å². The quantitative estimate of drug-likeness (QED) is 0.636. The van der Waals surface area contributed by atoms with Crippen LogP contribution in [0.2, 0.25) is 0 Å². The number of hydrogen-bond donors (Lipinski definition) is 0. The number of likely N-dealkylation sites (N-methyl/N-ethyl adjacent to an activating group) is 1. The molecule has 9 nitrogen and oxygen atoms in total. The van der Waals surface area contributed by atoms with Crippen molar-refractivity contribution in [3.63, 3.8) is 0 Å². The van der Waals surface area contributed by atoms with Crippen molar-refractivity contribution < 1.29 is 4.74 Å². The molecule has 0 fully saturated rings. The van der Waals surface area contributed by atoms with Crippen molar-refractivity contribution in [3.05, 3.63) is 45.1 Å². The van der Waals surface area contributed by atoms with Crippen molar-refractivity contribution in [1.82, 2.24) is 29.2 Å². The maximum Gasteiger partial charge on any atom is 0.332 e. The zero-order valence-corrected chi connectivity index (χ0v) is 15.1. The van der Waals surface area contributed by atoms with Crippen molar-refractivity contribution in [3.8, 4) is 17.1 Å². The van der Waals surface area contributed by atoms with Gasteiger partial charge in [-0.1, -0.05) is 0 Å². The normalized spacial score (nSPS) is 11.3. The molecule has 0 saturated carbocycles. The Morgan fingerprint density at radius 3 is 2.38 bits per heavy atom. The third-order valence-electron chi connectivity index (χ3n) is 3.99. The van der Waals surface area contributed by atoms with Gasteiger partial charge in [-0.25, -0.2) is 9.78 Å². The maximum absolute atomic E-state index is 12.3. The van der Waals surface area contributed by atoms with Gasteiger partial charge in [0.05, 0.1) is 0 Å². The van der Waals surface area contributed by atoms with Crippen LogP contribution < -0.4 is 16.0 Å². The van der Waals surface area contributed by atoms with Crippen molar-refractivity contribution in [2.45, 2.75) is 0 Å². The highest BCUT2D eigenvalue weighted by molar-refractivity contribution is 5.71. The fourth-order valence-electron chi connectivity index (χ4n) is 2.42. The van der Waals surface area contributed by atoms with Gasteiger partial charge < -0.3 is 9.64 Å². The van der Waals surface area contributed by atoms with Crippen LogP contribution in [0.1, 0.15) is 0 Å². The van der Waals surface area contributed by atoms with Gasteiger partial charge in [0.2, 0.25) is 0 Å². The Kier molecular flexibility index (Phi) is 4.81. The molecular formula is C17H20N6O3. The van der Waals surface area contributed by atoms with E-state index in [9.17, 15) is 9.59 Å². The summed E-state index contributed by atoms with van der Waals surface area (Å²) in [6.45, 7) is 1.41. The first-order valence-corrected chi connectivity index (χ1v) is 8.07. The lowest BCUT2D eigenvalue weighted by Gasteiger charge is -2.11. The Hall–Kier alpha value is -3.07. The highest BCUT2D eigenvalue weighted by Crippen LogP contribution is 2.19. The molecule has 0 unspecified atom stereocenters. The van der Waals surface area contributed by atoms with Crippen molar-refractivity contribution in [1.29, 1.82) is 0 Å². The third kappa shape index (κ3) is 3.33. The second-order valence-electron chi connectivity index (χ2n) is 6.19. The van der Waals surface area contributed by atoms with Gasteiger partial charge in [-0.15, -0.1) is 10.2 Å². The third-order valence-corrected chi connectivity index (χ3v) is 3.99. The monoisotopic (exact) mass is 356 g/mol. The van der Waals surface area contributed by atoms with Crippen LogP contribution >= 0.6 is 0 Å². The molecule has 0 saturated heterocycles. The fraction of sp³-hybridized carbons (Fsp3) is 0.353. The van der Waals surface area contributed by atoms with Gasteiger partial charge in [0.25, 0.3) is 5.56 Å². The van der Waals surface area contributed by atoms with E-state index in [1.54, 1.807) is 12.1 Å². The molecule has 0 aliphatic heterocycles. The zero-order chi connectivity index (χ0) is 18.8. The summed E-state index contributed by atoms with van der Waals surface area (Å²) in [6, 6.07) is 7.25. The van der Waals surface area contributed by atoms with Crippen LogP contribution in [0, 0.1) is 0 Å². The van der Waals surface area contributed by atoms with Gasteiger partial charge in [-0.3, -0.25) is 13.9 Å². The van der Waals surface area contributed by atoms with Gasteiger partial charge in [0.1, 0.15) is 12.4 Å². The molecule has 0 N–H and O–H groups in total. The summed E-state index contributed by atoms with van der Waals surface area (Å²) in [6.07, 6.45) is 0. The number of rotatable bonds is 5. The molecule has 2 heterocycles. The Morgan fingerprint density at radius 2 is 1.73 bits per heavy atom. The molecule has 1 aromatic carbocycles. The molecule has 9 heteroatoms. The van der Waals surface area contributed by atoms with Gasteiger partial charge >= 0.3 is 5.69 Å². The molecule has 0 atom stereocenters. The number of aryl methyl sites for hydroxylation is 1. The number of benzene rings is 1. The SMILES string of the molecule is CN(C)CCOc1ccc(-c2nnc3c(n2)c(=O)n(C)c(=O)n3C)cc1. The Morgan fingerprint density at radius 1 is 1.04 bits per heavy atom. The molecule has 0 spiro atoms. The van der Waals surface area contributed by atoms with E-state index in [0.29, 0.717) is 18.0 Å². The Balaban J connectivity index is 1.93. The minimum Gasteiger partial charge on any atom is -0.492 e. The summed E-state index contributed by atoms with van der Waals surface area (Å²) in [7, 11) is 6.90. The lowest BCUT2D eigenvalue weighted by atomic mass is 10.2. The predicted molar refractivity (Wildman–Crippen MR) is 97.3 cm³/mol. The van der Waals surface area contributed by atoms with E-state index in [0.717, 1.165) is 16.9 Å². The van der Waals surface area contributed by atoms with Crippen LogP contribution in [0.3, 0.4) is 0 Å². The highest BCUT2D eigenvalue weighted by atomic mass is 16.5. The molecule has 0 amide bonds. The molecular weight excluding hydrogens is 336 g/mol. The average Bonchev–Trinajstić information content (AvgIpc) is 2.64. The Labute approximate surface area is 149 Å². The number of fused-ring (bicyclic) bond motifs is 1. The van der Waals surface area contributed by atoms with E-state index < -0.39 is 11.2 Å². The van der Waals surface area contributed by atoms with E-state index in [2.05, 4.69) is 15.2 Å². The number of ether oxygens (including phenoxy) is 1. The van der Waals surface area contributed by atoms with Crippen LogP contribution in [0.15, 0.2) is 33.9 Å². The average molecular weight is 356 g/mol. The summed E-state index contributed by atoms with van der Waals surface area (Å²) >= 11 is 0. The second kappa shape index (κ2) is 7.04. The molecule has 26 heavy (non-hydrogen) atoms. The van der Waals surface area contributed by atoms with Crippen molar-refractivity contribution >= 4 is 11.2 Å². The minimum atomic E-state index is -0.497. The Bertz CT molecular complexity index is 1050. The molecule has 136 valence electrons. The topological polar surface area (TPSA) is 95.1 Å². The van der Waals surface area contributed by atoms with Gasteiger partial charge in [-0.2, -0.15) is 0 Å². The standard InChI is InChI=1S/C17H20N6O3/c1-21(2)9-10-26-12-7-5-11(6-8-12)14-18-13-15(20-19-14)22(3)17(25)23(4)16(13)24/h5-8H,9-10H2,1-4H3. The van der Waals surface area contributed by atoms with E-state index in [-0.39, 0.29) is 11.2 Å². The smallest absolute Gasteiger partial charge is 0.332 e. The molecule has 0 radical (unpaired) electrons. The van der Waals surface area contributed by atoms with Gasteiger partial charge in [0.15, 0.2) is 17.0 Å². The first kappa shape index (κ1) is 17.7. The summed E-state index contributed by atoms with van der Waals surface area (Å²) < 4.78 is 7.91. The largest absolute Gasteiger partial charge is 0.492 e. The van der Waals surface area contributed by atoms with Gasteiger partial charge in [-0.05, 0) is 38.4 Å². The van der Waals surface area contributed by atoms with Crippen molar-refractivity contribution in [2.75, 3.05) is 27.2 Å². The molecule has 2 aromatic heterocycles. The number of aromatic nitrogens is 5. The summed E-state index contributed by atoms with van der Waals surface area (Å²) in [4.78, 5) is 30.6. The van der Waals surface area contributed by atoms with Gasteiger partial charge in [0, 0.05) is 26.2 Å². The lowest BCUT2D eigenvalue weighted by Crippen LogP contribution is -2.38. The first-order chi connectivity index (χ1) is 12.4. The van der Waals surface area contributed by atoms with Crippen LogP contribution in [-0.2, 0) is 14.1 Å². The minimum absolute atomic E-state index is 0.103. The maximum atomic E-state index is 12.3. The van der Waals surface area contributed by atoms with Crippen LogP contribution in [-0.4, -0.2) is 56.5 Å².